The number of aliphatic imine (C=N–C) groups is 1. The molecule has 0 saturated heterocycles. The molecule has 1 aliphatic rings. The van der Waals surface area contributed by atoms with Crippen molar-refractivity contribution < 1.29 is 14.2 Å². The number of nitrogens with one attached hydrogen (secondary N) is 2. The Kier molecular flexibility index (Phi) is 6.85. The van der Waals surface area contributed by atoms with Crippen LogP contribution >= 0.6 is 0 Å². The maximum Gasteiger partial charge on any atom is 0.191 e. The van der Waals surface area contributed by atoms with Gasteiger partial charge in [-0.2, -0.15) is 0 Å². The molecule has 1 saturated carbocycles. The average Bonchev–Trinajstić information content (AvgIpc) is 2.56. The van der Waals surface area contributed by atoms with Gasteiger partial charge < -0.3 is 20.5 Å². The van der Waals surface area contributed by atoms with Gasteiger partial charge in [-0.1, -0.05) is 19.1 Å². The molecular weight excluding hydrogens is 309 g/mol. The van der Waals surface area contributed by atoms with Crippen LogP contribution in [0.5, 0.6) is 5.75 Å². The summed E-state index contributed by atoms with van der Waals surface area (Å²) >= 11 is 0. The Labute approximate surface area is 143 Å². The Balaban J connectivity index is 1.88. The minimum atomic E-state index is -0.643. The summed E-state index contributed by atoms with van der Waals surface area (Å²) in [6.07, 6.45) is 3.25. The van der Waals surface area contributed by atoms with Crippen LogP contribution in [0.4, 0.5) is 4.39 Å². The first-order valence-electron chi connectivity index (χ1n) is 8.72. The highest BCUT2D eigenvalue weighted by molar-refractivity contribution is 5.79. The molecule has 1 aromatic rings. The van der Waals surface area contributed by atoms with E-state index in [-0.39, 0.29) is 17.7 Å². The Hall–Kier alpha value is -1.82. The Morgan fingerprint density at radius 3 is 2.67 bits per heavy atom. The molecule has 0 spiro atoms. The summed E-state index contributed by atoms with van der Waals surface area (Å²) in [4.78, 5) is 4.45. The number of halogens is 1. The lowest BCUT2D eigenvalue weighted by molar-refractivity contribution is -0.0236. The Bertz CT molecular complexity index is 547. The van der Waals surface area contributed by atoms with Crippen molar-refractivity contribution in [3.63, 3.8) is 0 Å². The number of guanidine groups is 1. The molecule has 1 aromatic carbocycles. The summed E-state index contributed by atoms with van der Waals surface area (Å²) in [6.45, 7) is 5.62. The minimum Gasteiger partial charge on any atom is -0.486 e. The normalized spacial score (nSPS) is 17.8. The zero-order valence-corrected chi connectivity index (χ0v) is 14.5. The van der Waals surface area contributed by atoms with Gasteiger partial charge in [-0.15, -0.1) is 0 Å². The molecule has 1 atom stereocenters. The van der Waals surface area contributed by atoms with E-state index in [9.17, 15) is 9.50 Å². The molecule has 24 heavy (non-hydrogen) atoms. The van der Waals surface area contributed by atoms with Crippen LogP contribution in [-0.4, -0.2) is 42.4 Å². The SMILES string of the molecule is CCNC(=NCC1(O)CCC1)NCC(CC)Oc1ccccc1F. The van der Waals surface area contributed by atoms with Crippen LogP contribution in [0, 0.1) is 5.82 Å². The second kappa shape index (κ2) is 8.87. The summed E-state index contributed by atoms with van der Waals surface area (Å²) in [5.41, 5.74) is -0.643. The van der Waals surface area contributed by atoms with Crippen LogP contribution in [0.1, 0.15) is 39.5 Å². The zero-order valence-electron chi connectivity index (χ0n) is 14.5. The zero-order chi connectivity index (χ0) is 17.4. The van der Waals surface area contributed by atoms with Crippen molar-refractivity contribution in [1.82, 2.24) is 10.6 Å². The minimum absolute atomic E-state index is 0.169. The van der Waals surface area contributed by atoms with E-state index in [2.05, 4.69) is 15.6 Å². The van der Waals surface area contributed by atoms with Crippen molar-refractivity contribution in [2.75, 3.05) is 19.6 Å². The standard InChI is InChI=1S/C18H28FN3O2/c1-3-14(24-16-9-6-5-8-15(16)19)12-21-17(20-4-2)22-13-18(23)10-7-11-18/h5-6,8-9,14,23H,3-4,7,10-13H2,1-2H3,(H2,20,21,22). The fourth-order valence-corrected chi connectivity index (χ4v) is 2.51. The molecular formula is C18H28FN3O2. The summed E-state index contributed by atoms with van der Waals surface area (Å²) in [5, 5.41) is 16.5. The first-order chi connectivity index (χ1) is 11.6. The van der Waals surface area contributed by atoms with Crippen molar-refractivity contribution in [3.8, 4) is 5.75 Å². The molecule has 3 N–H and O–H groups in total. The van der Waals surface area contributed by atoms with E-state index in [4.69, 9.17) is 4.74 Å². The predicted octanol–water partition coefficient (Wildman–Crippen LogP) is 2.45. The van der Waals surface area contributed by atoms with Crippen LogP contribution in [0.15, 0.2) is 29.3 Å². The fraction of sp³-hybridized carbons (Fsp3) is 0.611. The monoisotopic (exact) mass is 337 g/mol. The number of hydrogen-bond acceptors (Lipinski definition) is 3. The summed E-state index contributed by atoms with van der Waals surface area (Å²) in [6, 6.07) is 6.41. The first kappa shape index (κ1) is 18.5. The lowest BCUT2D eigenvalue weighted by Gasteiger charge is -2.35. The molecule has 6 heteroatoms. The average molecular weight is 337 g/mol. The molecule has 1 aliphatic carbocycles. The second-order valence-electron chi connectivity index (χ2n) is 6.23. The summed E-state index contributed by atoms with van der Waals surface area (Å²) in [7, 11) is 0. The molecule has 0 aliphatic heterocycles. The largest absolute Gasteiger partial charge is 0.486 e. The Morgan fingerprint density at radius 1 is 1.33 bits per heavy atom. The fourth-order valence-electron chi connectivity index (χ4n) is 2.51. The van der Waals surface area contributed by atoms with Gasteiger partial charge in [-0.3, -0.25) is 4.99 Å². The number of ether oxygens (including phenoxy) is 1. The van der Waals surface area contributed by atoms with E-state index >= 15 is 0 Å². The number of para-hydroxylation sites is 1. The number of benzene rings is 1. The summed E-state index contributed by atoms with van der Waals surface area (Å²) in [5.74, 6) is 0.550. The van der Waals surface area contributed by atoms with Crippen molar-refractivity contribution in [2.24, 2.45) is 4.99 Å². The second-order valence-corrected chi connectivity index (χ2v) is 6.23. The Morgan fingerprint density at radius 2 is 2.08 bits per heavy atom. The topological polar surface area (TPSA) is 65.9 Å². The molecule has 0 heterocycles. The van der Waals surface area contributed by atoms with Gasteiger partial charge in [-0.25, -0.2) is 4.39 Å². The first-order valence-corrected chi connectivity index (χ1v) is 8.72. The molecule has 0 amide bonds. The van der Waals surface area contributed by atoms with Crippen LogP contribution in [0.25, 0.3) is 0 Å². The number of aliphatic hydroxyl groups is 1. The summed E-state index contributed by atoms with van der Waals surface area (Å²) < 4.78 is 19.4. The van der Waals surface area contributed by atoms with Crippen LogP contribution in [0.3, 0.4) is 0 Å². The lowest BCUT2D eigenvalue weighted by Crippen LogP contribution is -2.45. The maximum atomic E-state index is 13.7. The van der Waals surface area contributed by atoms with Gasteiger partial charge in [-0.05, 0) is 44.7 Å². The van der Waals surface area contributed by atoms with Gasteiger partial charge in [0.05, 0.1) is 18.7 Å². The molecule has 134 valence electrons. The van der Waals surface area contributed by atoms with Crippen molar-refractivity contribution in [1.29, 1.82) is 0 Å². The van der Waals surface area contributed by atoms with Gasteiger partial charge in [0.2, 0.25) is 0 Å². The van der Waals surface area contributed by atoms with Crippen molar-refractivity contribution in [3.05, 3.63) is 30.1 Å². The van der Waals surface area contributed by atoms with Crippen LogP contribution in [-0.2, 0) is 0 Å². The smallest absolute Gasteiger partial charge is 0.191 e. The highest BCUT2D eigenvalue weighted by Crippen LogP contribution is 2.31. The van der Waals surface area contributed by atoms with E-state index in [0.717, 1.165) is 32.2 Å². The van der Waals surface area contributed by atoms with Crippen LogP contribution in [0.2, 0.25) is 0 Å². The number of hydrogen-bond donors (Lipinski definition) is 3. The lowest BCUT2D eigenvalue weighted by atomic mass is 9.80. The molecule has 0 aromatic heterocycles. The quantitative estimate of drug-likeness (QED) is 0.504. The van der Waals surface area contributed by atoms with E-state index < -0.39 is 5.60 Å². The number of nitrogens with zero attached hydrogens (tertiary/aromatic N) is 1. The molecule has 0 bridgehead atoms. The van der Waals surface area contributed by atoms with Crippen LogP contribution < -0.4 is 15.4 Å². The van der Waals surface area contributed by atoms with Crippen molar-refractivity contribution in [2.45, 2.75) is 51.2 Å². The highest BCUT2D eigenvalue weighted by atomic mass is 19.1. The number of rotatable bonds is 8. The maximum absolute atomic E-state index is 13.7. The van der Waals surface area contributed by atoms with Gasteiger partial charge in [0.25, 0.3) is 0 Å². The van der Waals surface area contributed by atoms with E-state index in [1.54, 1.807) is 18.2 Å². The van der Waals surface area contributed by atoms with Gasteiger partial charge >= 0.3 is 0 Å². The van der Waals surface area contributed by atoms with E-state index in [1.807, 2.05) is 13.8 Å². The predicted molar refractivity (Wildman–Crippen MR) is 93.9 cm³/mol. The molecule has 5 nitrogen and oxygen atoms in total. The van der Waals surface area contributed by atoms with E-state index in [1.165, 1.54) is 6.07 Å². The van der Waals surface area contributed by atoms with Crippen molar-refractivity contribution >= 4 is 5.96 Å². The van der Waals surface area contributed by atoms with E-state index in [0.29, 0.717) is 19.0 Å². The third-order valence-electron chi connectivity index (χ3n) is 4.24. The molecule has 1 unspecified atom stereocenters. The third kappa shape index (κ3) is 5.37. The highest BCUT2D eigenvalue weighted by Gasteiger charge is 2.34. The molecule has 2 rings (SSSR count). The third-order valence-corrected chi connectivity index (χ3v) is 4.24. The molecule has 1 fully saturated rings. The van der Waals surface area contributed by atoms with Gasteiger partial charge in [0.1, 0.15) is 6.10 Å². The molecule has 0 radical (unpaired) electrons. The van der Waals surface area contributed by atoms with Gasteiger partial charge in [0, 0.05) is 6.54 Å². The van der Waals surface area contributed by atoms with Gasteiger partial charge in [0.15, 0.2) is 17.5 Å².